The summed E-state index contributed by atoms with van der Waals surface area (Å²) in [6.45, 7) is 3.80. The first kappa shape index (κ1) is 21.6. The molecule has 0 unspecified atom stereocenters. The second-order valence-corrected chi connectivity index (χ2v) is 7.85. The van der Waals surface area contributed by atoms with Crippen LogP contribution in [0, 0.1) is 5.92 Å². The van der Waals surface area contributed by atoms with Gasteiger partial charge in [-0.1, -0.05) is 98.2 Å². The third-order valence-electron chi connectivity index (χ3n) is 4.91. The van der Waals surface area contributed by atoms with Crippen LogP contribution < -0.4 is 10.6 Å². The fourth-order valence-electron chi connectivity index (χ4n) is 3.28. The van der Waals surface area contributed by atoms with Crippen LogP contribution in [0.25, 0.3) is 0 Å². The first-order chi connectivity index (χ1) is 14.5. The Labute approximate surface area is 182 Å². The molecule has 5 heteroatoms. The Balaban J connectivity index is 1.83. The first-order valence-electron chi connectivity index (χ1n) is 9.93. The predicted molar refractivity (Wildman–Crippen MR) is 120 cm³/mol. The van der Waals surface area contributed by atoms with E-state index in [2.05, 4.69) is 10.6 Å². The number of carbonyl (C=O) groups excluding carboxylic acids is 2. The molecule has 0 bridgehead atoms. The van der Waals surface area contributed by atoms with Crippen LogP contribution in [0.3, 0.4) is 0 Å². The highest BCUT2D eigenvalue weighted by atomic mass is 35.5. The second kappa shape index (κ2) is 10.1. The van der Waals surface area contributed by atoms with E-state index in [9.17, 15) is 9.59 Å². The fraction of sp³-hybridized carbons (Fsp3) is 0.200. The molecule has 3 aromatic rings. The van der Waals surface area contributed by atoms with Gasteiger partial charge in [0.15, 0.2) is 0 Å². The summed E-state index contributed by atoms with van der Waals surface area (Å²) in [7, 11) is 0. The zero-order chi connectivity index (χ0) is 21.5. The summed E-state index contributed by atoms with van der Waals surface area (Å²) in [5, 5.41) is 6.31. The average Bonchev–Trinajstić information content (AvgIpc) is 2.76. The third kappa shape index (κ3) is 5.28. The zero-order valence-electron chi connectivity index (χ0n) is 17.0. The molecule has 0 heterocycles. The number of nitrogens with one attached hydrogen (secondary N) is 2. The number of amides is 2. The summed E-state index contributed by atoms with van der Waals surface area (Å²) in [6.07, 6.45) is 0. The molecule has 2 amide bonds. The first-order valence-corrected chi connectivity index (χ1v) is 10.3. The van der Waals surface area contributed by atoms with E-state index in [4.69, 9.17) is 11.6 Å². The Kier molecular flexibility index (Phi) is 7.26. The third-order valence-corrected chi connectivity index (χ3v) is 5.24. The van der Waals surface area contributed by atoms with E-state index in [-0.39, 0.29) is 23.8 Å². The molecule has 0 aliphatic rings. The van der Waals surface area contributed by atoms with E-state index in [1.54, 1.807) is 24.3 Å². The van der Waals surface area contributed by atoms with Crippen LogP contribution >= 0.6 is 11.6 Å². The number of hydrogen-bond acceptors (Lipinski definition) is 2. The minimum absolute atomic E-state index is 0.108. The molecule has 2 N–H and O–H groups in total. The standard InChI is InChI=1S/C25H25ClN2O2/c1-17(2)22(27-24(29)20-15-9-10-16-21(20)26)25(30)28-23(18-11-5-3-6-12-18)19-13-7-4-8-14-19/h3-17,22-23H,1-2H3,(H,27,29)(H,28,30)/t22-/m0/s1. The van der Waals surface area contributed by atoms with Gasteiger partial charge in [-0.25, -0.2) is 0 Å². The van der Waals surface area contributed by atoms with Crippen LogP contribution in [0.4, 0.5) is 0 Å². The second-order valence-electron chi connectivity index (χ2n) is 7.44. The summed E-state index contributed by atoms with van der Waals surface area (Å²) < 4.78 is 0. The van der Waals surface area contributed by atoms with Gasteiger partial charge in [-0.15, -0.1) is 0 Å². The van der Waals surface area contributed by atoms with Crippen LogP contribution in [0.15, 0.2) is 84.9 Å². The summed E-state index contributed by atoms with van der Waals surface area (Å²) in [5.41, 5.74) is 2.29. The van der Waals surface area contributed by atoms with Crippen molar-refractivity contribution in [3.63, 3.8) is 0 Å². The largest absolute Gasteiger partial charge is 0.343 e. The van der Waals surface area contributed by atoms with Crippen molar-refractivity contribution in [2.45, 2.75) is 25.9 Å². The van der Waals surface area contributed by atoms with E-state index in [1.807, 2.05) is 74.5 Å². The molecule has 0 aromatic heterocycles. The molecule has 0 saturated carbocycles. The van der Waals surface area contributed by atoms with Crippen molar-refractivity contribution in [3.05, 3.63) is 107 Å². The number of carbonyl (C=O) groups is 2. The monoisotopic (exact) mass is 420 g/mol. The molecule has 0 saturated heterocycles. The molecule has 0 aliphatic heterocycles. The lowest BCUT2D eigenvalue weighted by atomic mass is 9.96. The molecule has 30 heavy (non-hydrogen) atoms. The molecule has 3 aromatic carbocycles. The molecular weight excluding hydrogens is 396 g/mol. The summed E-state index contributed by atoms with van der Waals surface area (Å²) in [4.78, 5) is 26.0. The van der Waals surface area contributed by atoms with Crippen LogP contribution in [0.2, 0.25) is 5.02 Å². The molecular formula is C25H25ClN2O2. The van der Waals surface area contributed by atoms with Crippen LogP contribution in [0.1, 0.15) is 41.4 Å². The lowest BCUT2D eigenvalue weighted by Crippen LogP contribution is -2.50. The van der Waals surface area contributed by atoms with Crippen molar-refractivity contribution in [2.24, 2.45) is 5.92 Å². The fourth-order valence-corrected chi connectivity index (χ4v) is 3.50. The number of rotatable bonds is 7. The maximum Gasteiger partial charge on any atom is 0.253 e. The number of benzene rings is 3. The van der Waals surface area contributed by atoms with Gasteiger partial charge in [-0.3, -0.25) is 9.59 Å². The topological polar surface area (TPSA) is 58.2 Å². The van der Waals surface area contributed by atoms with E-state index in [1.165, 1.54) is 0 Å². The number of halogens is 1. The summed E-state index contributed by atoms with van der Waals surface area (Å²) in [6, 6.07) is 25.3. The van der Waals surface area contributed by atoms with Crippen LogP contribution in [-0.4, -0.2) is 17.9 Å². The molecule has 154 valence electrons. The lowest BCUT2D eigenvalue weighted by Gasteiger charge is -2.26. The molecule has 3 rings (SSSR count). The maximum atomic E-state index is 13.2. The molecule has 0 spiro atoms. The van der Waals surface area contributed by atoms with Gasteiger partial charge < -0.3 is 10.6 Å². The number of hydrogen-bond donors (Lipinski definition) is 2. The van der Waals surface area contributed by atoms with Crippen molar-refractivity contribution >= 4 is 23.4 Å². The lowest BCUT2D eigenvalue weighted by molar-refractivity contribution is -0.124. The van der Waals surface area contributed by atoms with Crippen molar-refractivity contribution in [1.82, 2.24) is 10.6 Å². The highest BCUT2D eigenvalue weighted by molar-refractivity contribution is 6.33. The van der Waals surface area contributed by atoms with Crippen molar-refractivity contribution in [3.8, 4) is 0 Å². The Morgan fingerprint density at radius 1 is 0.733 bits per heavy atom. The van der Waals surface area contributed by atoms with Crippen molar-refractivity contribution in [1.29, 1.82) is 0 Å². The van der Waals surface area contributed by atoms with Gasteiger partial charge in [0.25, 0.3) is 5.91 Å². The van der Waals surface area contributed by atoms with Gasteiger partial charge in [0.2, 0.25) is 5.91 Å². The summed E-state index contributed by atoms with van der Waals surface area (Å²) >= 11 is 6.14. The van der Waals surface area contributed by atoms with Crippen molar-refractivity contribution < 1.29 is 9.59 Å². The van der Waals surface area contributed by atoms with E-state index < -0.39 is 6.04 Å². The molecule has 0 aliphatic carbocycles. The van der Waals surface area contributed by atoms with Gasteiger partial charge in [-0.05, 0) is 29.2 Å². The predicted octanol–water partition coefficient (Wildman–Crippen LogP) is 5.00. The Hall–Kier alpha value is -3.11. The zero-order valence-corrected chi connectivity index (χ0v) is 17.8. The average molecular weight is 421 g/mol. The smallest absolute Gasteiger partial charge is 0.253 e. The van der Waals surface area contributed by atoms with Gasteiger partial charge in [0.05, 0.1) is 16.6 Å². The van der Waals surface area contributed by atoms with E-state index in [0.29, 0.717) is 10.6 Å². The Bertz CT molecular complexity index is 951. The highest BCUT2D eigenvalue weighted by Gasteiger charge is 2.28. The minimum atomic E-state index is -0.705. The Morgan fingerprint density at radius 3 is 1.73 bits per heavy atom. The highest BCUT2D eigenvalue weighted by Crippen LogP contribution is 2.22. The van der Waals surface area contributed by atoms with E-state index >= 15 is 0 Å². The molecule has 1 atom stereocenters. The van der Waals surface area contributed by atoms with Crippen LogP contribution in [-0.2, 0) is 4.79 Å². The maximum absolute atomic E-state index is 13.2. The molecule has 4 nitrogen and oxygen atoms in total. The van der Waals surface area contributed by atoms with E-state index in [0.717, 1.165) is 11.1 Å². The molecule has 0 fully saturated rings. The van der Waals surface area contributed by atoms with Gasteiger partial charge in [0, 0.05) is 0 Å². The molecule has 0 radical (unpaired) electrons. The van der Waals surface area contributed by atoms with Gasteiger partial charge >= 0.3 is 0 Å². The SMILES string of the molecule is CC(C)[C@H](NC(=O)c1ccccc1Cl)C(=O)NC(c1ccccc1)c1ccccc1. The van der Waals surface area contributed by atoms with Gasteiger partial charge in [-0.2, -0.15) is 0 Å². The van der Waals surface area contributed by atoms with Crippen LogP contribution in [0.5, 0.6) is 0 Å². The normalized spacial score (nSPS) is 11.9. The van der Waals surface area contributed by atoms with Crippen molar-refractivity contribution in [2.75, 3.05) is 0 Å². The summed E-state index contributed by atoms with van der Waals surface area (Å²) in [5.74, 6) is -0.725. The quantitative estimate of drug-likeness (QED) is 0.565. The van der Waals surface area contributed by atoms with Gasteiger partial charge in [0.1, 0.15) is 6.04 Å². The Morgan fingerprint density at radius 2 is 1.23 bits per heavy atom. The minimum Gasteiger partial charge on any atom is -0.343 e.